The molecule has 0 aromatic heterocycles. The number of hydrogen-bond donors (Lipinski definition) is 4. The predicted molar refractivity (Wildman–Crippen MR) is 164 cm³/mol. The van der Waals surface area contributed by atoms with Gasteiger partial charge in [-0.15, -0.1) is 0 Å². The maximum absolute atomic E-state index is 11.4. The van der Waals surface area contributed by atoms with Gasteiger partial charge in [0.15, 0.2) is 0 Å². The minimum atomic E-state index is -1.44. The van der Waals surface area contributed by atoms with E-state index in [1.54, 1.807) is 12.1 Å². The second-order valence-corrected chi connectivity index (χ2v) is 11.6. The van der Waals surface area contributed by atoms with Crippen molar-refractivity contribution >= 4 is 17.6 Å². The molecule has 1 heterocycles. The van der Waals surface area contributed by atoms with Gasteiger partial charge in [0.25, 0.3) is 0 Å². The van der Waals surface area contributed by atoms with Crippen molar-refractivity contribution in [3.63, 3.8) is 0 Å². The van der Waals surface area contributed by atoms with E-state index in [2.05, 4.69) is 36.2 Å². The maximum Gasteiger partial charge on any atom is 0.326 e. The number of likely N-dealkylation sites (tertiary alicyclic amines) is 1. The summed E-state index contributed by atoms with van der Waals surface area (Å²) in [6.07, 6.45) is 1.56. The third-order valence-corrected chi connectivity index (χ3v) is 8.29. The molecule has 4 rings (SSSR count). The zero-order valence-corrected chi connectivity index (χ0v) is 25.3. The van der Waals surface area contributed by atoms with Crippen molar-refractivity contribution in [2.45, 2.75) is 58.4 Å². The van der Waals surface area contributed by atoms with Gasteiger partial charge in [-0.3, -0.25) is 10.1 Å². The fourth-order valence-corrected chi connectivity index (χ4v) is 5.36. The van der Waals surface area contributed by atoms with Crippen molar-refractivity contribution in [3.05, 3.63) is 81.9 Å². The van der Waals surface area contributed by atoms with Gasteiger partial charge in [-0.2, -0.15) is 0 Å². The molecule has 4 N–H and O–H groups in total. The molecule has 1 saturated heterocycles. The first-order valence-electron chi connectivity index (χ1n) is 14.3. The van der Waals surface area contributed by atoms with Crippen molar-refractivity contribution in [3.8, 4) is 22.6 Å². The van der Waals surface area contributed by atoms with Gasteiger partial charge in [-0.25, -0.2) is 0 Å². The van der Waals surface area contributed by atoms with E-state index in [1.165, 1.54) is 6.92 Å². The summed E-state index contributed by atoms with van der Waals surface area (Å²) in [5.74, 6) is 0.278. The Hall–Kier alpha value is -3.14. The summed E-state index contributed by atoms with van der Waals surface area (Å²) in [6, 6.07) is 17.6. The Morgan fingerprint density at radius 1 is 1.07 bits per heavy atom. The number of nitrogens with zero attached hydrogens (tertiary/aromatic N) is 1. The summed E-state index contributed by atoms with van der Waals surface area (Å²) in [7, 11) is 0. The zero-order valence-electron chi connectivity index (χ0n) is 24.5. The molecule has 2 atom stereocenters. The summed E-state index contributed by atoms with van der Waals surface area (Å²) < 4.78 is 12.3. The number of hydrogen-bond acceptors (Lipinski definition) is 7. The Kier molecular flexibility index (Phi) is 10.9. The first-order valence-corrected chi connectivity index (χ1v) is 14.7. The molecule has 0 aliphatic carbocycles. The highest BCUT2D eigenvalue weighted by Crippen LogP contribution is 2.34. The average molecular weight is 597 g/mol. The van der Waals surface area contributed by atoms with E-state index in [4.69, 9.17) is 21.1 Å². The fourth-order valence-electron chi connectivity index (χ4n) is 5.10. The lowest BCUT2D eigenvalue weighted by Crippen LogP contribution is -2.52. The summed E-state index contributed by atoms with van der Waals surface area (Å²) in [6.45, 7) is 8.88. The van der Waals surface area contributed by atoms with E-state index in [0.717, 1.165) is 71.6 Å². The number of benzene rings is 3. The van der Waals surface area contributed by atoms with Gasteiger partial charge in [0.05, 0.1) is 24.3 Å². The van der Waals surface area contributed by atoms with E-state index < -0.39 is 18.1 Å². The number of carboxylic acid groups (broad SMARTS) is 1. The van der Waals surface area contributed by atoms with Crippen LogP contribution < -0.4 is 14.8 Å². The monoisotopic (exact) mass is 596 g/mol. The molecule has 0 saturated carbocycles. The normalized spacial score (nSPS) is 16.8. The van der Waals surface area contributed by atoms with E-state index in [9.17, 15) is 20.1 Å². The number of halogens is 1. The number of nitrogens with one attached hydrogen (secondary N) is 1. The van der Waals surface area contributed by atoms with E-state index in [1.807, 2.05) is 30.3 Å². The number of aliphatic hydroxyl groups excluding tert-OH is 2. The average Bonchev–Trinajstić information content (AvgIpc) is 3.39. The van der Waals surface area contributed by atoms with Crippen molar-refractivity contribution in [2.75, 3.05) is 32.8 Å². The summed E-state index contributed by atoms with van der Waals surface area (Å²) in [4.78, 5) is 13.7. The second kappa shape index (κ2) is 14.4. The zero-order chi connectivity index (χ0) is 30.3. The Morgan fingerprint density at radius 3 is 2.48 bits per heavy atom. The molecular weight excluding hydrogens is 556 g/mol. The number of aliphatic carboxylic acids is 1. The number of aliphatic hydroxyl groups is 2. The van der Waals surface area contributed by atoms with Crippen LogP contribution >= 0.6 is 11.6 Å². The first kappa shape index (κ1) is 31.8. The number of carbonyl (C=O) groups is 1. The smallest absolute Gasteiger partial charge is 0.326 e. The van der Waals surface area contributed by atoms with Gasteiger partial charge in [0.2, 0.25) is 0 Å². The van der Waals surface area contributed by atoms with E-state index in [0.29, 0.717) is 24.0 Å². The van der Waals surface area contributed by atoms with Gasteiger partial charge in [0, 0.05) is 26.2 Å². The highest BCUT2D eigenvalue weighted by molar-refractivity contribution is 6.32. The highest BCUT2D eigenvalue weighted by atomic mass is 35.5. The molecular formula is C33H41ClN2O6. The molecule has 3 aromatic rings. The van der Waals surface area contributed by atoms with Crippen LogP contribution in [0, 0.1) is 13.8 Å². The minimum Gasteiger partial charge on any atom is -0.493 e. The molecule has 9 heteroatoms. The predicted octanol–water partition coefficient (Wildman–Crippen LogP) is 4.96. The minimum absolute atomic E-state index is 0.198. The van der Waals surface area contributed by atoms with Gasteiger partial charge in [0.1, 0.15) is 23.6 Å². The third-order valence-electron chi connectivity index (χ3n) is 7.99. The topological polar surface area (TPSA) is 111 Å². The van der Waals surface area contributed by atoms with Crippen molar-refractivity contribution in [1.29, 1.82) is 0 Å². The summed E-state index contributed by atoms with van der Waals surface area (Å²) in [5.41, 5.74) is 4.80. The molecule has 1 fully saturated rings. The van der Waals surface area contributed by atoms with Crippen LogP contribution in [0.3, 0.4) is 0 Å². The third kappa shape index (κ3) is 7.82. The molecule has 226 valence electrons. The molecule has 0 amide bonds. The number of rotatable bonds is 14. The molecule has 1 aliphatic heterocycles. The lowest BCUT2D eigenvalue weighted by molar-refractivity contribution is -0.145. The standard InChI is InChI=1S/C33H41ClN2O6/c1-22-25(20-42-31-12-11-24(17-29(31)34)18-35-33(3,21-37)32(39)40)7-4-8-27(22)28-9-5-10-30(23(28)2)41-16-6-14-36-15-13-26(38)19-36/h4-5,7-12,17,26,35,37-38H,6,13-16,18-21H2,1-3H3,(H,39,40)/t26-,33+/m1/s1. The highest BCUT2D eigenvalue weighted by Gasteiger charge is 2.31. The number of ether oxygens (including phenoxy) is 2. The van der Waals surface area contributed by atoms with E-state index >= 15 is 0 Å². The number of carboxylic acids is 1. The Bertz CT molecular complexity index is 1380. The van der Waals surface area contributed by atoms with Crippen LogP contribution in [0.5, 0.6) is 11.5 Å². The molecule has 0 unspecified atom stereocenters. The Labute approximate surface area is 252 Å². The lowest BCUT2D eigenvalue weighted by atomic mass is 9.93. The Morgan fingerprint density at radius 2 is 1.81 bits per heavy atom. The fraction of sp³-hybridized carbons (Fsp3) is 0.424. The van der Waals surface area contributed by atoms with Crippen LogP contribution in [0.4, 0.5) is 0 Å². The first-order chi connectivity index (χ1) is 20.1. The van der Waals surface area contributed by atoms with Crippen molar-refractivity contribution < 1.29 is 29.6 Å². The van der Waals surface area contributed by atoms with Gasteiger partial charge < -0.3 is 29.7 Å². The van der Waals surface area contributed by atoms with Gasteiger partial charge in [-0.05, 0) is 85.2 Å². The molecule has 0 bridgehead atoms. The maximum atomic E-state index is 11.4. The molecule has 0 spiro atoms. The lowest BCUT2D eigenvalue weighted by Gasteiger charge is -2.23. The van der Waals surface area contributed by atoms with Crippen LogP contribution in [0.2, 0.25) is 5.02 Å². The van der Waals surface area contributed by atoms with Crippen molar-refractivity contribution in [1.82, 2.24) is 10.2 Å². The number of β-amino-alcohol motifs (C(OH)–C–C–N with tert-alkyl or cyclic N) is 1. The summed E-state index contributed by atoms with van der Waals surface area (Å²) >= 11 is 6.50. The molecule has 3 aromatic carbocycles. The Balaban J connectivity index is 1.38. The van der Waals surface area contributed by atoms with Crippen LogP contribution in [0.25, 0.3) is 11.1 Å². The van der Waals surface area contributed by atoms with Crippen LogP contribution in [0.1, 0.15) is 42.0 Å². The van der Waals surface area contributed by atoms with Crippen molar-refractivity contribution in [2.24, 2.45) is 0 Å². The largest absolute Gasteiger partial charge is 0.493 e. The van der Waals surface area contributed by atoms with Crippen LogP contribution in [0.15, 0.2) is 54.6 Å². The molecule has 8 nitrogen and oxygen atoms in total. The van der Waals surface area contributed by atoms with Gasteiger partial charge >= 0.3 is 5.97 Å². The quantitative estimate of drug-likeness (QED) is 0.193. The van der Waals surface area contributed by atoms with Crippen LogP contribution in [-0.2, 0) is 17.9 Å². The molecule has 42 heavy (non-hydrogen) atoms. The molecule has 1 aliphatic rings. The van der Waals surface area contributed by atoms with Gasteiger partial charge in [-0.1, -0.05) is 48.0 Å². The van der Waals surface area contributed by atoms with E-state index in [-0.39, 0.29) is 12.6 Å². The SMILES string of the molecule is Cc1c(COc2ccc(CN[C@@](C)(CO)C(=O)O)cc2Cl)cccc1-c1cccc(OCCCN2CC[C@@H](O)C2)c1C. The summed E-state index contributed by atoms with van der Waals surface area (Å²) in [5, 5.41) is 31.8. The van der Waals surface area contributed by atoms with Crippen LogP contribution in [-0.4, -0.2) is 70.7 Å². The second-order valence-electron chi connectivity index (χ2n) is 11.2. The molecule has 0 radical (unpaired) electrons.